The molecule has 0 aliphatic rings. The van der Waals surface area contributed by atoms with Crippen LogP contribution in [0.5, 0.6) is 0 Å². The predicted molar refractivity (Wildman–Crippen MR) is 75.3 cm³/mol. The topological polar surface area (TPSA) is 55.1 Å². The molecule has 0 saturated carbocycles. The van der Waals surface area contributed by atoms with Crippen LogP contribution in [0, 0.1) is 11.7 Å². The molecule has 1 atom stereocenters. The van der Waals surface area contributed by atoms with Gasteiger partial charge in [-0.05, 0) is 24.6 Å². The average molecular weight is 266 g/mol. The van der Waals surface area contributed by atoms with Gasteiger partial charge in [0.1, 0.15) is 5.82 Å². The fourth-order valence-electron chi connectivity index (χ4n) is 1.97. The fourth-order valence-corrected chi connectivity index (χ4v) is 1.97. The van der Waals surface area contributed by atoms with Gasteiger partial charge in [-0.15, -0.1) is 0 Å². The minimum Gasteiger partial charge on any atom is -0.355 e. The van der Waals surface area contributed by atoms with E-state index in [-0.39, 0.29) is 17.6 Å². The number of hydrogen-bond acceptors (Lipinski definition) is 2. The molecule has 1 unspecified atom stereocenters. The van der Waals surface area contributed by atoms with Crippen LogP contribution in [0.3, 0.4) is 0 Å². The van der Waals surface area contributed by atoms with Crippen LogP contribution < -0.4 is 11.1 Å². The van der Waals surface area contributed by atoms with E-state index in [0.29, 0.717) is 25.1 Å². The van der Waals surface area contributed by atoms with Crippen LogP contribution in [0.4, 0.5) is 4.39 Å². The Bertz CT molecular complexity index is 432. The van der Waals surface area contributed by atoms with E-state index >= 15 is 0 Å². The highest BCUT2D eigenvalue weighted by Crippen LogP contribution is 2.24. The quantitative estimate of drug-likeness (QED) is 0.829. The van der Waals surface area contributed by atoms with Crippen molar-refractivity contribution in [2.75, 3.05) is 13.1 Å². The van der Waals surface area contributed by atoms with Crippen LogP contribution in [-0.4, -0.2) is 19.0 Å². The summed E-state index contributed by atoms with van der Waals surface area (Å²) in [6.07, 6.45) is 0.659. The lowest BCUT2D eigenvalue weighted by Crippen LogP contribution is -2.39. The van der Waals surface area contributed by atoms with Gasteiger partial charge >= 0.3 is 0 Å². The van der Waals surface area contributed by atoms with E-state index < -0.39 is 5.41 Å². The van der Waals surface area contributed by atoms with E-state index in [4.69, 9.17) is 5.73 Å². The molecule has 1 amide bonds. The Labute approximate surface area is 114 Å². The molecule has 1 aromatic rings. The molecule has 1 aromatic carbocycles. The number of benzene rings is 1. The minimum absolute atomic E-state index is 0.0325. The number of nitrogens with one attached hydrogen (secondary N) is 1. The summed E-state index contributed by atoms with van der Waals surface area (Å²) >= 11 is 0. The Balaban J connectivity index is 2.66. The van der Waals surface area contributed by atoms with E-state index in [1.807, 2.05) is 20.8 Å². The van der Waals surface area contributed by atoms with Gasteiger partial charge in [0.15, 0.2) is 0 Å². The summed E-state index contributed by atoms with van der Waals surface area (Å²) in [4.78, 5) is 11.8. The molecule has 106 valence electrons. The molecule has 0 heterocycles. The third-order valence-corrected chi connectivity index (χ3v) is 3.35. The van der Waals surface area contributed by atoms with E-state index in [1.54, 1.807) is 18.2 Å². The van der Waals surface area contributed by atoms with Gasteiger partial charge in [0.2, 0.25) is 5.91 Å². The summed E-state index contributed by atoms with van der Waals surface area (Å²) < 4.78 is 13.8. The predicted octanol–water partition coefficient (Wildman–Crippen LogP) is 2.20. The highest BCUT2D eigenvalue weighted by atomic mass is 19.1. The van der Waals surface area contributed by atoms with E-state index in [1.165, 1.54) is 6.07 Å². The van der Waals surface area contributed by atoms with Crippen molar-refractivity contribution in [3.05, 3.63) is 35.6 Å². The Kier molecular flexibility index (Phi) is 5.48. The molecule has 0 fully saturated rings. The van der Waals surface area contributed by atoms with E-state index in [9.17, 15) is 9.18 Å². The monoisotopic (exact) mass is 266 g/mol. The van der Waals surface area contributed by atoms with Gasteiger partial charge in [0.25, 0.3) is 0 Å². The van der Waals surface area contributed by atoms with Gasteiger partial charge in [0, 0.05) is 17.9 Å². The molecule has 0 radical (unpaired) electrons. The molecule has 3 nitrogen and oxygen atoms in total. The summed E-state index contributed by atoms with van der Waals surface area (Å²) in [5.41, 5.74) is 5.60. The number of hydrogen-bond donors (Lipinski definition) is 2. The van der Waals surface area contributed by atoms with Gasteiger partial charge in [-0.2, -0.15) is 0 Å². The molecule has 0 saturated heterocycles. The first-order valence-electron chi connectivity index (χ1n) is 6.61. The second-order valence-electron chi connectivity index (χ2n) is 5.56. The van der Waals surface area contributed by atoms with Crippen LogP contribution in [0.25, 0.3) is 0 Å². The van der Waals surface area contributed by atoms with Gasteiger partial charge in [-0.1, -0.05) is 39.0 Å². The van der Waals surface area contributed by atoms with Crippen molar-refractivity contribution in [3.63, 3.8) is 0 Å². The molecular formula is C15H23FN2O. The maximum atomic E-state index is 13.8. The maximum Gasteiger partial charge on any atom is 0.222 e. The lowest BCUT2D eigenvalue weighted by molar-refractivity contribution is -0.124. The summed E-state index contributed by atoms with van der Waals surface area (Å²) in [6, 6.07) is 6.66. The van der Waals surface area contributed by atoms with E-state index in [0.717, 1.165) is 0 Å². The Morgan fingerprint density at radius 3 is 2.63 bits per heavy atom. The lowest BCUT2D eigenvalue weighted by Gasteiger charge is -2.26. The molecule has 0 aliphatic heterocycles. The normalized spacial score (nSPS) is 13.1. The van der Waals surface area contributed by atoms with Gasteiger partial charge in [-0.25, -0.2) is 4.39 Å². The number of halogens is 1. The molecule has 0 bridgehead atoms. The highest BCUT2D eigenvalue weighted by Gasteiger charge is 2.25. The summed E-state index contributed by atoms with van der Waals surface area (Å²) in [5.74, 6) is -0.381. The Morgan fingerprint density at radius 1 is 1.42 bits per heavy atom. The number of amides is 1. The zero-order valence-electron chi connectivity index (χ0n) is 11.9. The largest absolute Gasteiger partial charge is 0.355 e. The van der Waals surface area contributed by atoms with Crippen LogP contribution in [0.2, 0.25) is 0 Å². The maximum absolute atomic E-state index is 13.8. The number of nitrogens with two attached hydrogens (primary N) is 1. The first kappa shape index (κ1) is 15.6. The zero-order chi connectivity index (χ0) is 14.5. The molecule has 0 aromatic heterocycles. The second kappa shape index (κ2) is 6.66. The first-order valence-corrected chi connectivity index (χ1v) is 6.61. The van der Waals surface area contributed by atoms with Crippen molar-refractivity contribution in [1.82, 2.24) is 5.32 Å². The zero-order valence-corrected chi connectivity index (χ0v) is 11.9. The average Bonchev–Trinajstić information content (AvgIpc) is 2.36. The van der Waals surface area contributed by atoms with Crippen molar-refractivity contribution in [2.45, 2.75) is 32.6 Å². The molecule has 3 N–H and O–H groups in total. The van der Waals surface area contributed by atoms with Crippen LogP contribution >= 0.6 is 0 Å². The van der Waals surface area contributed by atoms with Crippen molar-refractivity contribution < 1.29 is 9.18 Å². The molecule has 4 heteroatoms. The first-order chi connectivity index (χ1) is 8.88. The molecule has 0 spiro atoms. The lowest BCUT2D eigenvalue weighted by atomic mass is 9.84. The van der Waals surface area contributed by atoms with Crippen molar-refractivity contribution in [3.8, 4) is 0 Å². The van der Waals surface area contributed by atoms with Gasteiger partial charge in [0.05, 0.1) is 0 Å². The third kappa shape index (κ3) is 4.31. The van der Waals surface area contributed by atoms with Gasteiger partial charge < -0.3 is 11.1 Å². The smallest absolute Gasteiger partial charge is 0.222 e. The standard InChI is InChI=1S/C15H23FN2O/c1-11(8-9-17)14(19)18-10-15(2,3)12-6-4-5-7-13(12)16/h4-7,11H,8-10,17H2,1-3H3,(H,18,19). The minimum atomic E-state index is -0.441. The third-order valence-electron chi connectivity index (χ3n) is 3.35. The van der Waals surface area contributed by atoms with Crippen LogP contribution in [-0.2, 0) is 10.2 Å². The molecule has 19 heavy (non-hydrogen) atoms. The van der Waals surface area contributed by atoms with Crippen LogP contribution in [0.1, 0.15) is 32.8 Å². The number of carbonyl (C=O) groups is 1. The van der Waals surface area contributed by atoms with E-state index in [2.05, 4.69) is 5.32 Å². The molecular weight excluding hydrogens is 243 g/mol. The summed E-state index contributed by atoms with van der Waals surface area (Å²) in [6.45, 7) is 6.57. The van der Waals surface area contributed by atoms with Crippen molar-refractivity contribution >= 4 is 5.91 Å². The number of carbonyl (C=O) groups excluding carboxylic acids is 1. The Morgan fingerprint density at radius 2 is 2.05 bits per heavy atom. The van der Waals surface area contributed by atoms with Gasteiger partial charge in [-0.3, -0.25) is 4.79 Å². The van der Waals surface area contributed by atoms with Crippen molar-refractivity contribution in [2.24, 2.45) is 11.7 Å². The van der Waals surface area contributed by atoms with Crippen LogP contribution in [0.15, 0.2) is 24.3 Å². The Hall–Kier alpha value is -1.42. The molecule has 0 aliphatic carbocycles. The summed E-state index contributed by atoms with van der Waals surface area (Å²) in [5, 5.41) is 2.87. The SMILES string of the molecule is CC(CCN)C(=O)NCC(C)(C)c1ccccc1F. The second-order valence-corrected chi connectivity index (χ2v) is 5.56. The molecule has 1 rings (SSSR count). The van der Waals surface area contributed by atoms with Crippen molar-refractivity contribution in [1.29, 1.82) is 0 Å². The fraction of sp³-hybridized carbons (Fsp3) is 0.533. The number of rotatable bonds is 6. The summed E-state index contributed by atoms with van der Waals surface area (Å²) in [7, 11) is 0. The highest BCUT2D eigenvalue weighted by molar-refractivity contribution is 5.78.